The van der Waals surface area contributed by atoms with E-state index < -0.39 is 0 Å². The fourth-order valence-corrected chi connectivity index (χ4v) is 3.20. The van der Waals surface area contributed by atoms with Crippen molar-refractivity contribution in [3.63, 3.8) is 0 Å². The van der Waals surface area contributed by atoms with Crippen LogP contribution < -0.4 is 9.47 Å². The molecule has 0 aliphatic heterocycles. The van der Waals surface area contributed by atoms with Crippen LogP contribution in [0.5, 0.6) is 11.8 Å². The quantitative estimate of drug-likeness (QED) is 0.775. The summed E-state index contributed by atoms with van der Waals surface area (Å²) in [7, 11) is 1.63. The smallest absolute Gasteiger partial charge is 0.336 e. The lowest BCUT2D eigenvalue weighted by atomic mass is 9.88. The Hall–Kier alpha value is -2.37. The van der Waals surface area contributed by atoms with Gasteiger partial charge in [0.15, 0.2) is 5.82 Å². The van der Waals surface area contributed by atoms with Gasteiger partial charge in [0.25, 0.3) is 5.91 Å². The standard InChI is InChI=1S/C20H27N3O3/c1-14(2)13-26-20-21-18(15-9-11-17(25-3)12-10-15)23(22-20)19(24)16-7-5-4-6-8-16/h9-12,14,16H,4-8,13H2,1-3H3. The minimum absolute atomic E-state index is 0.0143. The number of rotatable bonds is 6. The van der Waals surface area contributed by atoms with Gasteiger partial charge in [0, 0.05) is 11.5 Å². The van der Waals surface area contributed by atoms with Crippen LogP contribution in [0.1, 0.15) is 50.7 Å². The third kappa shape index (κ3) is 4.23. The Morgan fingerprint density at radius 2 is 1.88 bits per heavy atom. The van der Waals surface area contributed by atoms with E-state index in [9.17, 15) is 4.79 Å². The molecule has 26 heavy (non-hydrogen) atoms. The van der Waals surface area contributed by atoms with Crippen molar-refractivity contribution >= 4 is 5.91 Å². The van der Waals surface area contributed by atoms with Gasteiger partial charge in [-0.1, -0.05) is 33.1 Å². The van der Waals surface area contributed by atoms with Crippen LogP contribution in [0.3, 0.4) is 0 Å². The van der Waals surface area contributed by atoms with Crippen molar-refractivity contribution in [3.8, 4) is 23.1 Å². The number of carbonyl (C=O) groups is 1. The third-order valence-electron chi connectivity index (χ3n) is 4.64. The lowest BCUT2D eigenvalue weighted by molar-refractivity contribution is 0.0784. The van der Waals surface area contributed by atoms with Crippen molar-refractivity contribution in [2.24, 2.45) is 11.8 Å². The SMILES string of the molecule is COc1ccc(-c2nc(OCC(C)C)nn2C(=O)C2CCCCC2)cc1. The number of ether oxygens (including phenoxy) is 2. The minimum atomic E-state index is 0.0143. The third-order valence-corrected chi connectivity index (χ3v) is 4.64. The highest BCUT2D eigenvalue weighted by Gasteiger charge is 2.27. The van der Waals surface area contributed by atoms with Crippen LogP contribution >= 0.6 is 0 Å². The number of hydrogen-bond acceptors (Lipinski definition) is 5. The summed E-state index contributed by atoms with van der Waals surface area (Å²) in [5, 5.41) is 4.38. The number of hydrogen-bond donors (Lipinski definition) is 0. The molecule has 0 atom stereocenters. The van der Waals surface area contributed by atoms with Crippen molar-refractivity contribution in [2.45, 2.75) is 46.0 Å². The highest BCUT2D eigenvalue weighted by atomic mass is 16.5. The van der Waals surface area contributed by atoms with Crippen molar-refractivity contribution in [2.75, 3.05) is 13.7 Å². The Morgan fingerprint density at radius 1 is 1.19 bits per heavy atom. The van der Waals surface area contributed by atoms with Gasteiger partial charge in [-0.25, -0.2) is 0 Å². The Morgan fingerprint density at radius 3 is 2.50 bits per heavy atom. The van der Waals surface area contributed by atoms with Gasteiger partial charge < -0.3 is 9.47 Å². The van der Waals surface area contributed by atoms with Gasteiger partial charge >= 0.3 is 6.01 Å². The van der Waals surface area contributed by atoms with Gasteiger partial charge in [0.05, 0.1) is 13.7 Å². The Balaban J connectivity index is 1.92. The second-order valence-corrected chi connectivity index (χ2v) is 7.24. The van der Waals surface area contributed by atoms with Gasteiger partial charge in [0.1, 0.15) is 5.75 Å². The van der Waals surface area contributed by atoms with E-state index >= 15 is 0 Å². The molecule has 0 radical (unpaired) electrons. The lowest BCUT2D eigenvalue weighted by Crippen LogP contribution is -2.25. The van der Waals surface area contributed by atoms with E-state index in [0.29, 0.717) is 18.3 Å². The van der Waals surface area contributed by atoms with Crippen molar-refractivity contribution in [3.05, 3.63) is 24.3 Å². The average Bonchev–Trinajstić information content (AvgIpc) is 3.11. The molecule has 0 saturated heterocycles. The molecule has 0 bridgehead atoms. The highest BCUT2D eigenvalue weighted by Crippen LogP contribution is 2.28. The first kappa shape index (κ1) is 18.4. The first-order valence-electron chi connectivity index (χ1n) is 9.37. The molecule has 1 aromatic heterocycles. The maximum atomic E-state index is 13.0. The fourth-order valence-electron chi connectivity index (χ4n) is 3.20. The Kier molecular flexibility index (Phi) is 5.91. The van der Waals surface area contributed by atoms with Crippen LogP contribution in [0.15, 0.2) is 24.3 Å². The Bertz CT molecular complexity index is 731. The van der Waals surface area contributed by atoms with Gasteiger partial charge in [-0.15, -0.1) is 5.10 Å². The number of methoxy groups -OCH3 is 1. The van der Waals surface area contributed by atoms with Crippen LogP contribution in [0, 0.1) is 11.8 Å². The van der Waals surface area contributed by atoms with Crippen LogP contribution in [0.25, 0.3) is 11.4 Å². The predicted octanol–water partition coefficient (Wildman–Crippen LogP) is 4.21. The van der Waals surface area contributed by atoms with Crippen molar-refractivity contribution in [1.82, 2.24) is 14.8 Å². The Labute approximate surface area is 154 Å². The number of carbonyl (C=O) groups excluding carboxylic acids is 1. The lowest BCUT2D eigenvalue weighted by Gasteiger charge is -2.20. The largest absolute Gasteiger partial charge is 0.497 e. The summed E-state index contributed by atoms with van der Waals surface area (Å²) in [4.78, 5) is 17.5. The molecular weight excluding hydrogens is 330 g/mol. The van der Waals surface area contributed by atoms with Gasteiger partial charge in [-0.05, 0) is 43.0 Å². The number of nitrogens with zero attached hydrogens (tertiary/aromatic N) is 3. The molecule has 6 heteroatoms. The first-order valence-corrected chi connectivity index (χ1v) is 9.37. The summed E-state index contributed by atoms with van der Waals surface area (Å²) in [6.45, 7) is 4.65. The summed E-state index contributed by atoms with van der Waals surface area (Å²) in [5.41, 5.74) is 0.821. The second-order valence-electron chi connectivity index (χ2n) is 7.24. The van der Waals surface area contributed by atoms with E-state index in [1.807, 2.05) is 24.3 Å². The van der Waals surface area contributed by atoms with Crippen molar-refractivity contribution in [1.29, 1.82) is 0 Å². The molecule has 6 nitrogen and oxygen atoms in total. The fraction of sp³-hybridized carbons (Fsp3) is 0.550. The highest BCUT2D eigenvalue weighted by molar-refractivity contribution is 5.84. The molecule has 2 aromatic rings. The minimum Gasteiger partial charge on any atom is -0.497 e. The first-order chi connectivity index (χ1) is 12.6. The maximum absolute atomic E-state index is 13.0. The second kappa shape index (κ2) is 8.34. The van der Waals surface area contributed by atoms with Crippen molar-refractivity contribution < 1.29 is 14.3 Å². The molecule has 0 spiro atoms. The van der Waals surface area contributed by atoms with Crippen LogP contribution in [0.4, 0.5) is 0 Å². The van der Waals surface area contributed by atoms with E-state index in [-0.39, 0.29) is 17.8 Å². The molecule has 1 aliphatic carbocycles. The zero-order valence-electron chi connectivity index (χ0n) is 15.8. The molecule has 0 amide bonds. The molecular formula is C20H27N3O3. The number of benzene rings is 1. The molecule has 0 unspecified atom stereocenters. The molecule has 1 aromatic carbocycles. The molecule has 1 aliphatic rings. The summed E-state index contributed by atoms with van der Waals surface area (Å²) in [6, 6.07) is 7.75. The molecule has 140 valence electrons. The van der Waals surface area contributed by atoms with E-state index in [0.717, 1.165) is 37.0 Å². The topological polar surface area (TPSA) is 66.2 Å². The van der Waals surface area contributed by atoms with Crippen LogP contribution in [0.2, 0.25) is 0 Å². The molecule has 3 rings (SSSR count). The van der Waals surface area contributed by atoms with Gasteiger partial charge in [0.2, 0.25) is 0 Å². The van der Waals surface area contributed by atoms with E-state index in [1.165, 1.54) is 11.1 Å². The van der Waals surface area contributed by atoms with Gasteiger partial charge in [-0.3, -0.25) is 4.79 Å². The van der Waals surface area contributed by atoms with Gasteiger partial charge in [-0.2, -0.15) is 9.67 Å². The van der Waals surface area contributed by atoms with E-state index in [2.05, 4.69) is 23.9 Å². The number of aromatic nitrogens is 3. The zero-order chi connectivity index (χ0) is 18.5. The summed E-state index contributed by atoms with van der Waals surface area (Å²) in [6.07, 6.45) is 5.24. The van der Waals surface area contributed by atoms with E-state index in [4.69, 9.17) is 9.47 Å². The molecule has 1 heterocycles. The average molecular weight is 357 g/mol. The van der Waals surface area contributed by atoms with E-state index in [1.54, 1.807) is 7.11 Å². The summed E-state index contributed by atoms with van der Waals surface area (Å²) >= 11 is 0. The summed E-state index contributed by atoms with van der Waals surface area (Å²) < 4.78 is 12.3. The molecule has 1 saturated carbocycles. The zero-order valence-corrected chi connectivity index (χ0v) is 15.8. The molecule has 1 fully saturated rings. The monoisotopic (exact) mass is 357 g/mol. The normalized spacial score (nSPS) is 15.2. The maximum Gasteiger partial charge on any atom is 0.336 e. The molecule has 0 N–H and O–H groups in total. The van der Waals surface area contributed by atoms with Crippen LogP contribution in [-0.2, 0) is 0 Å². The summed E-state index contributed by atoms with van der Waals surface area (Å²) in [5.74, 6) is 1.68. The predicted molar refractivity (Wildman–Crippen MR) is 99.5 cm³/mol. The van der Waals surface area contributed by atoms with Crippen LogP contribution in [-0.4, -0.2) is 34.4 Å².